The van der Waals surface area contributed by atoms with Crippen LogP contribution in [-0.4, -0.2) is 11.1 Å². The lowest BCUT2D eigenvalue weighted by atomic mass is 9.84. The maximum atomic E-state index is 10.5. The molecule has 0 saturated carbocycles. The first-order valence-corrected chi connectivity index (χ1v) is 3.53. The van der Waals surface area contributed by atoms with E-state index in [1.807, 2.05) is 18.2 Å². The molecule has 58 valence electrons. The summed E-state index contributed by atoms with van der Waals surface area (Å²) in [5, 5.41) is 17.2. The monoisotopic (exact) mass is 151 g/mol. The Kier molecular flexibility index (Phi) is 2.27. The van der Waals surface area contributed by atoms with Gasteiger partial charge in [-0.3, -0.25) is 4.79 Å². The number of allylic oxidation sites excluding steroid dienone is 2. The molecule has 0 bridgehead atoms. The van der Waals surface area contributed by atoms with Crippen molar-refractivity contribution in [3.8, 4) is 6.07 Å². The van der Waals surface area contributed by atoms with Crippen LogP contribution < -0.4 is 0 Å². The lowest BCUT2D eigenvalue weighted by molar-refractivity contribution is -0.142. The molecule has 11 heavy (non-hydrogen) atoms. The first kappa shape index (κ1) is 7.80. The number of carbonyl (C=O) groups is 1. The molecule has 1 N–H and O–H groups in total. The Bertz CT molecular complexity index is 227. The summed E-state index contributed by atoms with van der Waals surface area (Å²) in [5.41, 5.74) is 0. The van der Waals surface area contributed by atoms with Crippen molar-refractivity contribution in [2.24, 2.45) is 11.8 Å². The molecule has 1 rings (SSSR count). The number of hydrogen-bond donors (Lipinski definition) is 1. The van der Waals surface area contributed by atoms with Gasteiger partial charge in [0.25, 0.3) is 0 Å². The van der Waals surface area contributed by atoms with Crippen LogP contribution in [0.5, 0.6) is 0 Å². The third-order valence-corrected chi connectivity index (χ3v) is 1.92. The molecule has 0 aromatic heterocycles. The van der Waals surface area contributed by atoms with Crippen LogP contribution in [0.25, 0.3) is 0 Å². The highest BCUT2D eigenvalue weighted by Gasteiger charge is 2.27. The fourth-order valence-corrected chi connectivity index (χ4v) is 1.23. The van der Waals surface area contributed by atoms with Gasteiger partial charge in [0.05, 0.1) is 17.9 Å². The average molecular weight is 151 g/mol. The van der Waals surface area contributed by atoms with Gasteiger partial charge in [0, 0.05) is 0 Å². The SMILES string of the molecule is N#C[C@H]1CC=CC[C@H]1C(=O)O. The lowest BCUT2D eigenvalue weighted by Crippen LogP contribution is -2.23. The highest BCUT2D eigenvalue weighted by atomic mass is 16.4. The molecule has 3 nitrogen and oxygen atoms in total. The standard InChI is InChI=1S/C8H9NO2/c9-5-6-3-1-2-4-7(6)8(10)11/h1-2,6-7H,3-4H2,(H,10,11)/t6-,7-/m1/s1. The van der Waals surface area contributed by atoms with Crippen molar-refractivity contribution in [1.82, 2.24) is 0 Å². The van der Waals surface area contributed by atoms with Crippen molar-refractivity contribution >= 4 is 5.97 Å². The summed E-state index contributed by atoms with van der Waals surface area (Å²) in [6.45, 7) is 0. The molecule has 0 amide bonds. The fourth-order valence-electron chi connectivity index (χ4n) is 1.23. The average Bonchev–Trinajstić information content (AvgIpc) is 2.04. The van der Waals surface area contributed by atoms with E-state index in [1.54, 1.807) is 0 Å². The van der Waals surface area contributed by atoms with Crippen molar-refractivity contribution in [3.63, 3.8) is 0 Å². The molecule has 3 heteroatoms. The van der Waals surface area contributed by atoms with Crippen LogP contribution in [0.3, 0.4) is 0 Å². The molecule has 0 spiro atoms. The van der Waals surface area contributed by atoms with Gasteiger partial charge >= 0.3 is 5.97 Å². The quantitative estimate of drug-likeness (QED) is 0.572. The smallest absolute Gasteiger partial charge is 0.308 e. The summed E-state index contributed by atoms with van der Waals surface area (Å²) < 4.78 is 0. The van der Waals surface area contributed by atoms with Crippen molar-refractivity contribution in [1.29, 1.82) is 5.26 Å². The Morgan fingerprint density at radius 1 is 1.55 bits per heavy atom. The molecule has 0 aromatic rings. The van der Waals surface area contributed by atoms with Crippen LogP contribution in [0, 0.1) is 23.2 Å². The third-order valence-electron chi connectivity index (χ3n) is 1.92. The molecule has 0 aliphatic heterocycles. The highest BCUT2D eigenvalue weighted by molar-refractivity contribution is 5.71. The van der Waals surface area contributed by atoms with Gasteiger partial charge < -0.3 is 5.11 Å². The molecule has 0 radical (unpaired) electrons. The van der Waals surface area contributed by atoms with E-state index in [2.05, 4.69) is 0 Å². The van der Waals surface area contributed by atoms with Gasteiger partial charge in [-0.2, -0.15) is 5.26 Å². The van der Waals surface area contributed by atoms with Crippen molar-refractivity contribution < 1.29 is 9.90 Å². The van der Waals surface area contributed by atoms with Crippen LogP contribution in [0.15, 0.2) is 12.2 Å². The summed E-state index contributed by atoms with van der Waals surface area (Å²) in [5.74, 6) is -1.69. The van der Waals surface area contributed by atoms with Gasteiger partial charge in [-0.25, -0.2) is 0 Å². The van der Waals surface area contributed by atoms with E-state index >= 15 is 0 Å². The summed E-state index contributed by atoms with van der Waals surface area (Å²) in [6, 6.07) is 2.00. The van der Waals surface area contributed by atoms with Gasteiger partial charge in [0.15, 0.2) is 0 Å². The second kappa shape index (κ2) is 3.20. The number of aliphatic carboxylic acids is 1. The van der Waals surface area contributed by atoms with Crippen molar-refractivity contribution in [3.05, 3.63) is 12.2 Å². The largest absolute Gasteiger partial charge is 0.481 e. The molecule has 0 aromatic carbocycles. The number of carboxylic acids is 1. The number of carboxylic acid groups (broad SMARTS) is 1. The van der Waals surface area contributed by atoms with Crippen molar-refractivity contribution in [2.75, 3.05) is 0 Å². The van der Waals surface area contributed by atoms with Crippen LogP contribution >= 0.6 is 0 Å². The Hall–Kier alpha value is -1.30. The number of rotatable bonds is 1. The van der Waals surface area contributed by atoms with Gasteiger partial charge in [0.1, 0.15) is 0 Å². The molecular formula is C8H9NO2. The summed E-state index contributed by atoms with van der Waals surface area (Å²) >= 11 is 0. The first-order chi connectivity index (χ1) is 5.25. The topological polar surface area (TPSA) is 61.1 Å². The Labute approximate surface area is 64.9 Å². The van der Waals surface area contributed by atoms with E-state index < -0.39 is 11.9 Å². The van der Waals surface area contributed by atoms with Crippen LogP contribution in [0.1, 0.15) is 12.8 Å². The number of nitrogens with zero attached hydrogens (tertiary/aromatic N) is 1. The number of nitriles is 1. The Morgan fingerprint density at radius 2 is 2.18 bits per heavy atom. The highest BCUT2D eigenvalue weighted by Crippen LogP contribution is 2.24. The molecule has 1 aliphatic rings. The first-order valence-electron chi connectivity index (χ1n) is 3.53. The van der Waals surface area contributed by atoms with E-state index in [-0.39, 0.29) is 5.92 Å². The van der Waals surface area contributed by atoms with E-state index in [0.29, 0.717) is 12.8 Å². The Morgan fingerprint density at radius 3 is 2.64 bits per heavy atom. The van der Waals surface area contributed by atoms with Gasteiger partial charge in [-0.1, -0.05) is 12.2 Å². The zero-order valence-electron chi connectivity index (χ0n) is 6.03. The third kappa shape index (κ3) is 1.58. The second-order valence-electron chi connectivity index (χ2n) is 2.62. The van der Waals surface area contributed by atoms with E-state index in [0.717, 1.165) is 0 Å². The molecular weight excluding hydrogens is 142 g/mol. The van der Waals surface area contributed by atoms with E-state index in [9.17, 15) is 4.79 Å². The van der Waals surface area contributed by atoms with E-state index in [1.165, 1.54) is 0 Å². The van der Waals surface area contributed by atoms with Crippen LogP contribution in [0.2, 0.25) is 0 Å². The number of hydrogen-bond acceptors (Lipinski definition) is 2. The predicted molar refractivity (Wildman–Crippen MR) is 38.6 cm³/mol. The second-order valence-corrected chi connectivity index (χ2v) is 2.62. The van der Waals surface area contributed by atoms with Gasteiger partial charge in [-0.05, 0) is 12.8 Å². The van der Waals surface area contributed by atoms with Crippen LogP contribution in [0.4, 0.5) is 0 Å². The van der Waals surface area contributed by atoms with Gasteiger partial charge in [-0.15, -0.1) is 0 Å². The fraction of sp³-hybridized carbons (Fsp3) is 0.500. The minimum Gasteiger partial charge on any atom is -0.481 e. The predicted octanol–water partition coefficient (Wildman–Crippen LogP) is 1.18. The zero-order chi connectivity index (χ0) is 8.27. The Balaban J connectivity index is 2.71. The molecule has 0 unspecified atom stereocenters. The van der Waals surface area contributed by atoms with Crippen molar-refractivity contribution in [2.45, 2.75) is 12.8 Å². The molecule has 0 fully saturated rings. The molecule has 0 heterocycles. The molecule has 1 aliphatic carbocycles. The minimum atomic E-state index is -0.860. The van der Waals surface area contributed by atoms with E-state index in [4.69, 9.17) is 10.4 Å². The summed E-state index contributed by atoms with van der Waals surface area (Å²) in [6.07, 6.45) is 4.76. The van der Waals surface area contributed by atoms with Gasteiger partial charge in [0.2, 0.25) is 0 Å². The zero-order valence-corrected chi connectivity index (χ0v) is 6.03. The lowest BCUT2D eigenvalue weighted by Gasteiger charge is -2.18. The minimum absolute atomic E-state index is 0.336. The molecule has 2 atom stereocenters. The maximum absolute atomic E-state index is 10.5. The normalized spacial score (nSPS) is 29.4. The molecule has 0 saturated heterocycles. The maximum Gasteiger partial charge on any atom is 0.308 e. The summed E-state index contributed by atoms with van der Waals surface area (Å²) in [4.78, 5) is 10.5. The summed E-state index contributed by atoms with van der Waals surface area (Å²) in [7, 11) is 0. The van der Waals surface area contributed by atoms with Crippen LogP contribution in [-0.2, 0) is 4.79 Å².